The Morgan fingerprint density at radius 1 is 0.870 bits per heavy atom. The molecule has 4 aromatic rings. The lowest BCUT2D eigenvalue weighted by molar-refractivity contribution is 0.669. The lowest BCUT2D eigenvalue weighted by atomic mass is 9.95. The SMILES string of the molecule is CC#Cc1ccccc1-c1cccc2oc3c(Cl)cccc3c12. The van der Waals surface area contributed by atoms with Crippen LogP contribution in [0.25, 0.3) is 33.1 Å². The van der Waals surface area contributed by atoms with E-state index < -0.39 is 0 Å². The molecule has 1 aromatic heterocycles. The molecule has 0 fully saturated rings. The molecule has 0 amide bonds. The quantitative estimate of drug-likeness (QED) is 0.377. The summed E-state index contributed by atoms with van der Waals surface area (Å²) >= 11 is 6.29. The Labute approximate surface area is 139 Å². The van der Waals surface area contributed by atoms with Gasteiger partial charge in [-0.15, -0.1) is 5.92 Å². The minimum Gasteiger partial charge on any atom is -0.454 e. The first-order chi connectivity index (χ1) is 11.3. The number of halogens is 1. The predicted molar refractivity (Wildman–Crippen MR) is 96.7 cm³/mol. The maximum Gasteiger partial charge on any atom is 0.154 e. The first-order valence-electron chi connectivity index (χ1n) is 7.41. The zero-order valence-electron chi connectivity index (χ0n) is 12.6. The van der Waals surface area contributed by atoms with E-state index in [2.05, 4.69) is 24.0 Å². The molecule has 0 atom stereocenters. The van der Waals surface area contributed by atoms with Crippen LogP contribution in [-0.2, 0) is 0 Å². The highest BCUT2D eigenvalue weighted by atomic mass is 35.5. The second kappa shape index (κ2) is 5.50. The number of hydrogen-bond donors (Lipinski definition) is 0. The summed E-state index contributed by atoms with van der Waals surface area (Å²) < 4.78 is 5.98. The molecular weight excluding hydrogens is 304 g/mol. The van der Waals surface area contributed by atoms with Crippen LogP contribution in [0.2, 0.25) is 5.02 Å². The monoisotopic (exact) mass is 316 g/mol. The molecular formula is C21H13ClO. The number of furan rings is 1. The molecule has 0 unspecified atom stereocenters. The number of rotatable bonds is 1. The van der Waals surface area contributed by atoms with Crippen molar-refractivity contribution in [3.05, 3.63) is 71.2 Å². The van der Waals surface area contributed by atoms with E-state index in [1.807, 2.05) is 55.5 Å². The lowest BCUT2D eigenvalue weighted by Gasteiger charge is -2.06. The number of benzene rings is 3. The summed E-state index contributed by atoms with van der Waals surface area (Å²) in [4.78, 5) is 0. The Morgan fingerprint density at radius 3 is 2.52 bits per heavy atom. The summed E-state index contributed by atoms with van der Waals surface area (Å²) in [5.41, 5.74) is 4.80. The fraction of sp³-hybridized carbons (Fsp3) is 0.0476. The zero-order chi connectivity index (χ0) is 15.8. The first kappa shape index (κ1) is 13.9. The molecule has 0 saturated heterocycles. The summed E-state index contributed by atoms with van der Waals surface area (Å²) in [6, 6.07) is 20.1. The van der Waals surface area contributed by atoms with E-state index in [9.17, 15) is 0 Å². The van der Waals surface area contributed by atoms with Gasteiger partial charge in [-0.25, -0.2) is 0 Å². The van der Waals surface area contributed by atoms with Gasteiger partial charge in [-0.1, -0.05) is 60.0 Å². The maximum atomic E-state index is 6.29. The van der Waals surface area contributed by atoms with Gasteiger partial charge in [0.05, 0.1) is 5.02 Å². The van der Waals surface area contributed by atoms with Crippen molar-refractivity contribution in [2.75, 3.05) is 0 Å². The van der Waals surface area contributed by atoms with Gasteiger partial charge in [0.2, 0.25) is 0 Å². The van der Waals surface area contributed by atoms with Gasteiger partial charge in [0, 0.05) is 16.3 Å². The molecule has 0 N–H and O–H groups in total. The van der Waals surface area contributed by atoms with Crippen LogP contribution in [0, 0.1) is 11.8 Å². The predicted octanol–water partition coefficient (Wildman–Crippen LogP) is 6.28. The van der Waals surface area contributed by atoms with E-state index in [-0.39, 0.29) is 0 Å². The highest BCUT2D eigenvalue weighted by Gasteiger charge is 2.15. The van der Waals surface area contributed by atoms with Gasteiger partial charge in [0.15, 0.2) is 5.58 Å². The van der Waals surface area contributed by atoms with E-state index in [4.69, 9.17) is 16.0 Å². The fourth-order valence-corrected chi connectivity index (χ4v) is 3.21. The lowest BCUT2D eigenvalue weighted by Crippen LogP contribution is -1.85. The van der Waals surface area contributed by atoms with Crippen molar-refractivity contribution in [1.82, 2.24) is 0 Å². The van der Waals surface area contributed by atoms with Gasteiger partial charge >= 0.3 is 0 Å². The summed E-state index contributed by atoms with van der Waals surface area (Å²) in [7, 11) is 0. The molecule has 110 valence electrons. The van der Waals surface area contributed by atoms with Crippen molar-refractivity contribution in [2.24, 2.45) is 0 Å². The first-order valence-corrected chi connectivity index (χ1v) is 7.79. The third-order valence-electron chi connectivity index (χ3n) is 3.95. The van der Waals surface area contributed by atoms with E-state index in [1.54, 1.807) is 0 Å². The van der Waals surface area contributed by atoms with E-state index in [1.165, 1.54) is 0 Å². The van der Waals surface area contributed by atoms with Crippen LogP contribution in [0.3, 0.4) is 0 Å². The maximum absolute atomic E-state index is 6.29. The van der Waals surface area contributed by atoms with Crippen LogP contribution < -0.4 is 0 Å². The van der Waals surface area contributed by atoms with Crippen molar-refractivity contribution in [1.29, 1.82) is 0 Å². The Hall–Kier alpha value is -2.69. The Kier molecular flexibility index (Phi) is 3.33. The molecule has 0 saturated carbocycles. The normalized spacial score (nSPS) is 10.7. The minimum absolute atomic E-state index is 0.631. The molecule has 23 heavy (non-hydrogen) atoms. The highest BCUT2D eigenvalue weighted by molar-refractivity contribution is 6.36. The topological polar surface area (TPSA) is 13.1 Å². The second-order valence-electron chi connectivity index (χ2n) is 5.32. The molecule has 0 aliphatic rings. The van der Waals surface area contributed by atoms with Crippen LogP contribution >= 0.6 is 11.6 Å². The third-order valence-corrected chi connectivity index (χ3v) is 4.25. The molecule has 0 radical (unpaired) electrons. The van der Waals surface area contributed by atoms with Crippen molar-refractivity contribution in [3.8, 4) is 23.0 Å². The van der Waals surface area contributed by atoms with E-state index >= 15 is 0 Å². The van der Waals surface area contributed by atoms with Crippen LogP contribution in [0.4, 0.5) is 0 Å². The van der Waals surface area contributed by atoms with Crippen molar-refractivity contribution in [2.45, 2.75) is 6.92 Å². The van der Waals surface area contributed by atoms with Gasteiger partial charge in [-0.05, 0) is 36.2 Å². The largest absolute Gasteiger partial charge is 0.454 e. The molecule has 1 nitrogen and oxygen atoms in total. The summed E-state index contributed by atoms with van der Waals surface area (Å²) in [6.45, 7) is 1.85. The van der Waals surface area contributed by atoms with Crippen LogP contribution in [-0.4, -0.2) is 0 Å². The second-order valence-corrected chi connectivity index (χ2v) is 5.73. The molecule has 3 aromatic carbocycles. The molecule has 4 rings (SSSR count). The Morgan fingerprint density at radius 2 is 1.65 bits per heavy atom. The van der Waals surface area contributed by atoms with E-state index in [0.717, 1.165) is 38.6 Å². The van der Waals surface area contributed by atoms with Crippen LogP contribution in [0.5, 0.6) is 0 Å². The number of hydrogen-bond acceptors (Lipinski definition) is 1. The Balaban J connectivity index is 2.14. The Bertz CT molecular complexity index is 1090. The van der Waals surface area contributed by atoms with Crippen LogP contribution in [0.1, 0.15) is 12.5 Å². The smallest absolute Gasteiger partial charge is 0.154 e. The molecule has 1 heterocycles. The average molecular weight is 317 g/mol. The summed E-state index contributed by atoms with van der Waals surface area (Å²) in [5, 5.41) is 2.74. The van der Waals surface area contributed by atoms with Gasteiger partial charge in [-0.2, -0.15) is 0 Å². The fourth-order valence-electron chi connectivity index (χ4n) is 3.00. The highest BCUT2D eigenvalue weighted by Crippen LogP contribution is 2.39. The van der Waals surface area contributed by atoms with Gasteiger partial charge in [0.25, 0.3) is 0 Å². The van der Waals surface area contributed by atoms with Crippen molar-refractivity contribution >= 4 is 33.5 Å². The van der Waals surface area contributed by atoms with Gasteiger partial charge in [-0.3, -0.25) is 0 Å². The number of para-hydroxylation sites is 1. The molecule has 0 aliphatic carbocycles. The van der Waals surface area contributed by atoms with E-state index in [0.29, 0.717) is 5.02 Å². The van der Waals surface area contributed by atoms with Crippen molar-refractivity contribution < 1.29 is 4.42 Å². The average Bonchev–Trinajstić information content (AvgIpc) is 2.96. The molecule has 0 bridgehead atoms. The zero-order valence-corrected chi connectivity index (χ0v) is 13.3. The molecule has 0 spiro atoms. The molecule has 0 aliphatic heterocycles. The van der Waals surface area contributed by atoms with Crippen LogP contribution in [0.15, 0.2) is 65.1 Å². The summed E-state index contributed by atoms with van der Waals surface area (Å²) in [5.74, 6) is 6.17. The van der Waals surface area contributed by atoms with Gasteiger partial charge < -0.3 is 4.42 Å². The standard InChI is InChI=1S/C21H13ClO/c1-2-7-14-8-3-4-9-15(14)16-10-6-13-19-20(16)17-11-5-12-18(22)21(17)23-19/h3-6,8-13H,1H3. The minimum atomic E-state index is 0.631. The summed E-state index contributed by atoms with van der Waals surface area (Å²) in [6.07, 6.45) is 0. The molecule has 2 heteroatoms. The van der Waals surface area contributed by atoms with Crippen molar-refractivity contribution in [3.63, 3.8) is 0 Å². The third kappa shape index (κ3) is 2.20. The van der Waals surface area contributed by atoms with Gasteiger partial charge in [0.1, 0.15) is 5.58 Å². The number of fused-ring (bicyclic) bond motifs is 3.